The lowest BCUT2D eigenvalue weighted by Gasteiger charge is -2.29. The molecule has 1 fully saturated rings. The molecule has 3 rings (SSSR count). The number of amides is 1. The van der Waals surface area contributed by atoms with Crippen LogP contribution in [0.2, 0.25) is 10.2 Å². The molecule has 0 aliphatic carbocycles. The molecule has 0 unspecified atom stereocenters. The highest BCUT2D eigenvalue weighted by Gasteiger charge is 2.18. The number of nitrogens with zero attached hydrogens (tertiary/aromatic N) is 3. The number of hydrogen-bond donors (Lipinski definition) is 0. The van der Waals surface area contributed by atoms with Gasteiger partial charge in [-0.3, -0.25) is 4.79 Å². The lowest BCUT2D eigenvalue weighted by molar-refractivity contribution is 0.0779. The normalized spacial score (nSPS) is 14.4. The van der Waals surface area contributed by atoms with E-state index >= 15 is 0 Å². The summed E-state index contributed by atoms with van der Waals surface area (Å²) in [4.78, 5) is 20.4. The quantitative estimate of drug-likeness (QED) is 0.762. The van der Waals surface area contributed by atoms with Gasteiger partial charge in [-0.15, -0.1) is 0 Å². The molecular weight excluding hydrogens is 361 g/mol. The average molecular weight is 380 g/mol. The molecule has 1 amide bonds. The molecule has 5 nitrogen and oxygen atoms in total. The SMILES string of the molecule is CN(Cc1ccc(N2CCOCC2)cc1)C(=O)c1nc(Cl)ccc1Cl. The molecule has 1 saturated heterocycles. The zero-order chi connectivity index (χ0) is 17.8. The number of carbonyl (C=O) groups is 1. The Hall–Kier alpha value is -1.82. The Labute approximate surface area is 157 Å². The third-order valence-corrected chi connectivity index (χ3v) is 4.61. The lowest BCUT2D eigenvalue weighted by Crippen LogP contribution is -2.36. The molecule has 25 heavy (non-hydrogen) atoms. The summed E-state index contributed by atoms with van der Waals surface area (Å²) in [6, 6.07) is 11.3. The van der Waals surface area contributed by atoms with Gasteiger partial charge in [0.15, 0.2) is 0 Å². The largest absolute Gasteiger partial charge is 0.378 e. The summed E-state index contributed by atoms with van der Waals surface area (Å²) >= 11 is 11.9. The molecule has 0 N–H and O–H groups in total. The molecule has 0 saturated carbocycles. The number of halogens is 2. The Kier molecular flexibility index (Phi) is 5.78. The molecule has 0 bridgehead atoms. The number of anilines is 1. The summed E-state index contributed by atoms with van der Waals surface area (Å²) in [5.41, 5.74) is 2.37. The predicted molar refractivity (Wildman–Crippen MR) is 99.5 cm³/mol. The van der Waals surface area contributed by atoms with Gasteiger partial charge in [0.25, 0.3) is 5.91 Å². The first-order valence-electron chi connectivity index (χ1n) is 8.04. The van der Waals surface area contributed by atoms with Crippen molar-refractivity contribution in [3.8, 4) is 0 Å². The first-order chi connectivity index (χ1) is 12.0. The maximum absolute atomic E-state index is 12.5. The summed E-state index contributed by atoms with van der Waals surface area (Å²) in [5, 5.41) is 0.542. The van der Waals surface area contributed by atoms with Gasteiger partial charge in [0.1, 0.15) is 10.8 Å². The van der Waals surface area contributed by atoms with Crippen LogP contribution in [0.4, 0.5) is 5.69 Å². The van der Waals surface area contributed by atoms with Gasteiger partial charge in [-0.25, -0.2) is 4.98 Å². The number of ether oxygens (including phenoxy) is 1. The molecule has 1 aliphatic rings. The fourth-order valence-electron chi connectivity index (χ4n) is 2.73. The van der Waals surface area contributed by atoms with E-state index in [2.05, 4.69) is 22.0 Å². The Morgan fingerprint density at radius 1 is 1.16 bits per heavy atom. The number of hydrogen-bond acceptors (Lipinski definition) is 4. The smallest absolute Gasteiger partial charge is 0.274 e. The summed E-state index contributed by atoms with van der Waals surface area (Å²) in [6.07, 6.45) is 0. The summed E-state index contributed by atoms with van der Waals surface area (Å²) in [5.74, 6) is -0.259. The van der Waals surface area contributed by atoms with Gasteiger partial charge < -0.3 is 14.5 Å². The summed E-state index contributed by atoms with van der Waals surface area (Å²) in [6.45, 7) is 3.78. The van der Waals surface area contributed by atoms with E-state index < -0.39 is 0 Å². The maximum Gasteiger partial charge on any atom is 0.274 e. The second kappa shape index (κ2) is 8.04. The minimum absolute atomic E-state index is 0.168. The number of carbonyl (C=O) groups excluding carboxylic acids is 1. The fourth-order valence-corrected chi connectivity index (χ4v) is 3.06. The molecule has 1 aromatic carbocycles. The van der Waals surface area contributed by atoms with Crippen molar-refractivity contribution in [3.63, 3.8) is 0 Å². The van der Waals surface area contributed by atoms with Gasteiger partial charge >= 0.3 is 0 Å². The van der Waals surface area contributed by atoms with E-state index in [0.29, 0.717) is 11.6 Å². The van der Waals surface area contributed by atoms with Crippen LogP contribution in [0.25, 0.3) is 0 Å². The van der Waals surface area contributed by atoms with E-state index in [1.54, 1.807) is 24.1 Å². The molecule has 7 heteroatoms. The number of benzene rings is 1. The lowest BCUT2D eigenvalue weighted by atomic mass is 10.1. The number of pyridine rings is 1. The van der Waals surface area contributed by atoms with Crippen LogP contribution in [-0.2, 0) is 11.3 Å². The van der Waals surface area contributed by atoms with Crippen LogP contribution in [0, 0.1) is 0 Å². The van der Waals surface area contributed by atoms with Crippen molar-refractivity contribution in [2.24, 2.45) is 0 Å². The van der Waals surface area contributed by atoms with Crippen molar-refractivity contribution in [1.82, 2.24) is 9.88 Å². The third kappa shape index (κ3) is 4.42. The molecule has 0 spiro atoms. The van der Waals surface area contributed by atoms with Crippen LogP contribution in [0.5, 0.6) is 0 Å². The molecule has 0 radical (unpaired) electrons. The van der Waals surface area contributed by atoms with Crippen molar-refractivity contribution < 1.29 is 9.53 Å². The van der Waals surface area contributed by atoms with E-state index in [1.807, 2.05) is 12.1 Å². The fraction of sp³-hybridized carbons (Fsp3) is 0.333. The van der Waals surface area contributed by atoms with Crippen molar-refractivity contribution in [2.45, 2.75) is 6.54 Å². The van der Waals surface area contributed by atoms with Gasteiger partial charge in [-0.1, -0.05) is 35.3 Å². The molecule has 132 valence electrons. The van der Waals surface area contributed by atoms with Crippen molar-refractivity contribution in [3.05, 3.63) is 57.8 Å². The zero-order valence-electron chi connectivity index (χ0n) is 13.9. The van der Waals surface area contributed by atoms with E-state index in [9.17, 15) is 4.79 Å². The van der Waals surface area contributed by atoms with Crippen LogP contribution >= 0.6 is 23.2 Å². The van der Waals surface area contributed by atoms with E-state index in [-0.39, 0.29) is 16.8 Å². The van der Waals surface area contributed by atoms with Gasteiger partial charge in [0, 0.05) is 32.4 Å². The first-order valence-corrected chi connectivity index (χ1v) is 8.79. The minimum Gasteiger partial charge on any atom is -0.378 e. The highest BCUT2D eigenvalue weighted by atomic mass is 35.5. The highest BCUT2D eigenvalue weighted by Crippen LogP contribution is 2.20. The second-order valence-corrected chi connectivity index (χ2v) is 6.69. The van der Waals surface area contributed by atoms with Crippen LogP contribution in [0.1, 0.15) is 16.1 Å². The standard InChI is InChI=1S/C18H19Cl2N3O2/c1-22(18(24)17-15(19)6-7-16(20)21-17)12-13-2-4-14(5-3-13)23-8-10-25-11-9-23/h2-7H,8-12H2,1H3. The van der Waals surface area contributed by atoms with Gasteiger partial charge in [0.2, 0.25) is 0 Å². The monoisotopic (exact) mass is 379 g/mol. The molecule has 2 heterocycles. The minimum atomic E-state index is -0.259. The molecule has 0 atom stereocenters. The van der Waals surface area contributed by atoms with Crippen LogP contribution in [-0.4, -0.2) is 49.1 Å². The highest BCUT2D eigenvalue weighted by molar-refractivity contribution is 6.34. The topological polar surface area (TPSA) is 45.7 Å². The van der Waals surface area contributed by atoms with Gasteiger partial charge in [-0.05, 0) is 29.8 Å². The average Bonchev–Trinajstić information content (AvgIpc) is 2.64. The molecule has 1 aliphatic heterocycles. The van der Waals surface area contributed by atoms with Crippen molar-refractivity contribution >= 4 is 34.8 Å². The van der Waals surface area contributed by atoms with Crippen LogP contribution < -0.4 is 4.90 Å². The number of morpholine rings is 1. The molecular formula is C18H19Cl2N3O2. The Morgan fingerprint density at radius 3 is 2.52 bits per heavy atom. The zero-order valence-corrected chi connectivity index (χ0v) is 15.4. The Balaban J connectivity index is 1.67. The van der Waals surface area contributed by atoms with E-state index in [0.717, 1.165) is 31.9 Å². The van der Waals surface area contributed by atoms with Crippen molar-refractivity contribution in [1.29, 1.82) is 0 Å². The number of rotatable bonds is 4. The first kappa shape index (κ1) is 18.0. The van der Waals surface area contributed by atoms with Gasteiger partial charge in [-0.2, -0.15) is 0 Å². The maximum atomic E-state index is 12.5. The molecule has 2 aromatic rings. The summed E-state index contributed by atoms with van der Waals surface area (Å²) < 4.78 is 5.37. The number of aromatic nitrogens is 1. The third-order valence-electron chi connectivity index (χ3n) is 4.09. The van der Waals surface area contributed by atoms with Crippen LogP contribution in [0.15, 0.2) is 36.4 Å². The van der Waals surface area contributed by atoms with Gasteiger partial charge in [0.05, 0.1) is 18.2 Å². The Bertz CT molecular complexity index is 746. The second-order valence-electron chi connectivity index (χ2n) is 5.89. The van der Waals surface area contributed by atoms with E-state index in [4.69, 9.17) is 27.9 Å². The Morgan fingerprint density at radius 2 is 1.84 bits per heavy atom. The summed E-state index contributed by atoms with van der Waals surface area (Å²) in [7, 11) is 1.72. The van der Waals surface area contributed by atoms with Crippen LogP contribution in [0.3, 0.4) is 0 Å². The predicted octanol–water partition coefficient (Wildman–Crippen LogP) is 3.50. The molecule has 1 aromatic heterocycles. The van der Waals surface area contributed by atoms with E-state index in [1.165, 1.54) is 5.69 Å². The van der Waals surface area contributed by atoms with Crippen molar-refractivity contribution in [2.75, 3.05) is 38.3 Å².